The summed E-state index contributed by atoms with van der Waals surface area (Å²) < 4.78 is 10.9. The summed E-state index contributed by atoms with van der Waals surface area (Å²) in [6.45, 7) is 9.51. The summed E-state index contributed by atoms with van der Waals surface area (Å²) in [6, 6.07) is 12.4. The third-order valence-electron chi connectivity index (χ3n) is 5.04. The van der Waals surface area contributed by atoms with E-state index in [2.05, 4.69) is 39.5 Å². The first-order chi connectivity index (χ1) is 13.7. The Bertz CT molecular complexity index is 745. The minimum Gasteiger partial charge on any atom is -0.379 e. The van der Waals surface area contributed by atoms with E-state index in [-0.39, 0.29) is 24.0 Å². The summed E-state index contributed by atoms with van der Waals surface area (Å²) in [5.74, 6) is 2.09. The van der Waals surface area contributed by atoms with Gasteiger partial charge in [-0.15, -0.1) is 24.0 Å². The SMILES string of the molecule is CN=C(NCc1cc(-c2ccccc2)on1)NCC(C(C)C)N1CCOCC1.I. The van der Waals surface area contributed by atoms with E-state index in [0.717, 1.165) is 55.8 Å². The molecule has 2 N–H and O–H groups in total. The van der Waals surface area contributed by atoms with E-state index in [9.17, 15) is 0 Å². The fourth-order valence-corrected chi connectivity index (χ4v) is 3.43. The van der Waals surface area contributed by atoms with Crippen molar-refractivity contribution in [1.82, 2.24) is 20.7 Å². The molecule has 1 aromatic carbocycles. The van der Waals surface area contributed by atoms with Crippen molar-refractivity contribution < 1.29 is 9.26 Å². The molecule has 2 heterocycles. The van der Waals surface area contributed by atoms with Crippen LogP contribution >= 0.6 is 24.0 Å². The Morgan fingerprint density at radius 2 is 1.90 bits per heavy atom. The molecule has 0 saturated carbocycles. The lowest BCUT2D eigenvalue weighted by molar-refractivity contribution is 0.00752. The number of nitrogens with one attached hydrogen (secondary N) is 2. The van der Waals surface area contributed by atoms with Crippen molar-refractivity contribution in [3.63, 3.8) is 0 Å². The fourth-order valence-electron chi connectivity index (χ4n) is 3.43. The van der Waals surface area contributed by atoms with Gasteiger partial charge in [-0.1, -0.05) is 49.3 Å². The lowest BCUT2D eigenvalue weighted by atomic mass is 10.0. The Labute approximate surface area is 190 Å². The Morgan fingerprint density at radius 3 is 2.55 bits per heavy atom. The smallest absolute Gasteiger partial charge is 0.191 e. The summed E-state index contributed by atoms with van der Waals surface area (Å²) in [4.78, 5) is 6.84. The molecule has 1 unspecified atom stereocenters. The first-order valence-corrected chi connectivity index (χ1v) is 9.94. The Morgan fingerprint density at radius 1 is 1.17 bits per heavy atom. The average molecular weight is 513 g/mol. The molecule has 2 aromatic rings. The average Bonchev–Trinajstić information content (AvgIpc) is 3.21. The molecule has 0 spiro atoms. The van der Waals surface area contributed by atoms with Crippen molar-refractivity contribution in [2.45, 2.75) is 26.4 Å². The third-order valence-corrected chi connectivity index (χ3v) is 5.04. The zero-order valence-electron chi connectivity index (χ0n) is 17.4. The van der Waals surface area contributed by atoms with E-state index in [1.54, 1.807) is 7.05 Å². The number of aliphatic imine (C=N–C) groups is 1. The summed E-state index contributed by atoms with van der Waals surface area (Å²) in [7, 11) is 1.78. The first-order valence-electron chi connectivity index (χ1n) is 9.94. The number of halogens is 1. The van der Waals surface area contributed by atoms with Crippen molar-refractivity contribution in [3.05, 3.63) is 42.1 Å². The highest BCUT2D eigenvalue weighted by atomic mass is 127. The number of benzene rings is 1. The number of rotatable bonds is 7. The molecule has 1 aromatic heterocycles. The molecule has 1 aliphatic rings. The van der Waals surface area contributed by atoms with Crippen LogP contribution in [0, 0.1) is 5.92 Å². The number of ether oxygens (including phenoxy) is 1. The second-order valence-electron chi connectivity index (χ2n) is 7.31. The first kappa shape index (κ1) is 23.6. The van der Waals surface area contributed by atoms with Gasteiger partial charge in [0.05, 0.1) is 19.8 Å². The Kier molecular flexibility index (Phi) is 9.89. The molecule has 1 fully saturated rings. The molecule has 3 rings (SSSR count). The van der Waals surface area contributed by atoms with Crippen LogP contribution in [0.3, 0.4) is 0 Å². The summed E-state index contributed by atoms with van der Waals surface area (Å²) in [6.07, 6.45) is 0. The van der Waals surface area contributed by atoms with Gasteiger partial charge in [-0.3, -0.25) is 9.89 Å². The van der Waals surface area contributed by atoms with Crippen LogP contribution in [-0.2, 0) is 11.3 Å². The van der Waals surface area contributed by atoms with E-state index in [4.69, 9.17) is 9.26 Å². The summed E-state index contributed by atoms with van der Waals surface area (Å²) >= 11 is 0. The van der Waals surface area contributed by atoms with Crippen LogP contribution in [0.15, 0.2) is 45.9 Å². The molecule has 160 valence electrons. The minimum atomic E-state index is 0. The molecule has 1 saturated heterocycles. The van der Waals surface area contributed by atoms with E-state index in [1.165, 1.54) is 0 Å². The number of hydrogen-bond acceptors (Lipinski definition) is 5. The van der Waals surface area contributed by atoms with Gasteiger partial charge in [-0.2, -0.15) is 0 Å². The van der Waals surface area contributed by atoms with E-state index in [1.807, 2.05) is 36.4 Å². The summed E-state index contributed by atoms with van der Waals surface area (Å²) in [5.41, 5.74) is 1.87. The van der Waals surface area contributed by atoms with E-state index < -0.39 is 0 Å². The van der Waals surface area contributed by atoms with Gasteiger partial charge >= 0.3 is 0 Å². The number of morpholine rings is 1. The maximum atomic E-state index is 5.48. The zero-order valence-corrected chi connectivity index (χ0v) is 19.8. The molecular weight excluding hydrogens is 481 g/mol. The highest BCUT2D eigenvalue weighted by Crippen LogP contribution is 2.19. The van der Waals surface area contributed by atoms with E-state index >= 15 is 0 Å². The van der Waals surface area contributed by atoms with Gasteiger partial charge < -0.3 is 19.9 Å². The van der Waals surface area contributed by atoms with Gasteiger partial charge in [0.1, 0.15) is 5.69 Å². The second-order valence-corrected chi connectivity index (χ2v) is 7.31. The lowest BCUT2D eigenvalue weighted by Gasteiger charge is -2.37. The number of guanidine groups is 1. The highest BCUT2D eigenvalue weighted by Gasteiger charge is 2.23. The maximum absolute atomic E-state index is 5.48. The van der Waals surface area contributed by atoms with Crippen LogP contribution in [-0.4, -0.2) is 62.0 Å². The van der Waals surface area contributed by atoms with Crippen LogP contribution in [0.2, 0.25) is 0 Å². The molecular formula is C21H32IN5O2. The molecule has 0 amide bonds. The predicted octanol–water partition coefficient (Wildman–Crippen LogP) is 2.98. The molecule has 0 radical (unpaired) electrons. The molecule has 7 nitrogen and oxygen atoms in total. The van der Waals surface area contributed by atoms with Crippen LogP contribution in [0.25, 0.3) is 11.3 Å². The number of hydrogen-bond donors (Lipinski definition) is 2. The standard InChI is InChI=1S/C21H31N5O2.HI/c1-16(2)19(26-9-11-27-12-10-26)15-24-21(22-3)23-14-18-13-20(28-25-18)17-7-5-4-6-8-17;/h4-8,13,16,19H,9-12,14-15H2,1-3H3,(H2,22,23,24);1H. The van der Waals surface area contributed by atoms with Crippen LogP contribution in [0.4, 0.5) is 0 Å². The van der Waals surface area contributed by atoms with Crippen molar-refractivity contribution in [1.29, 1.82) is 0 Å². The van der Waals surface area contributed by atoms with Crippen molar-refractivity contribution in [3.8, 4) is 11.3 Å². The third kappa shape index (κ3) is 6.97. The van der Waals surface area contributed by atoms with Crippen LogP contribution < -0.4 is 10.6 Å². The lowest BCUT2D eigenvalue weighted by Crippen LogP contribution is -2.52. The fraction of sp³-hybridized carbons (Fsp3) is 0.524. The second kappa shape index (κ2) is 12.1. The monoisotopic (exact) mass is 513 g/mol. The van der Waals surface area contributed by atoms with Gasteiger partial charge in [0.25, 0.3) is 0 Å². The van der Waals surface area contributed by atoms with Gasteiger partial charge in [0.2, 0.25) is 0 Å². The molecule has 29 heavy (non-hydrogen) atoms. The van der Waals surface area contributed by atoms with Gasteiger partial charge in [-0.05, 0) is 5.92 Å². The van der Waals surface area contributed by atoms with Gasteiger partial charge in [-0.25, -0.2) is 0 Å². The molecule has 1 aliphatic heterocycles. The van der Waals surface area contributed by atoms with Crippen molar-refractivity contribution in [2.75, 3.05) is 39.9 Å². The predicted molar refractivity (Wildman–Crippen MR) is 127 cm³/mol. The van der Waals surface area contributed by atoms with Gasteiger partial charge in [0.15, 0.2) is 11.7 Å². The zero-order chi connectivity index (χ0) is 19.8. The highest BCUT2D eigenvalue weighted by molar-refractivity contribution is 14.0. The summed E-state index contributed by atoms with van der Waals surface area (Å²) in [5, 5.41) is 10.9. The van der Waals surface area contributed by atoms with Crippen LogP contribution in [0.5, 0.6) is 0 Å². The number of nitrogens with zero attached hydrogens (tertiary/aromatic N) is 3. The molecule has 8 heteroatoms. The molecule has 1 atom stereocenters. The quantitative estimate of drug-likeness (QED) is 0.337. The van der Waals surface area contributed by atoms with Crippen molar-refractivity contribution >= 4 is 29.9 Å². The van der Waals surface area contributed by atoms with Crippen molar-refractivity contribution in [2.24, 2.45) is 10.9 Å². The van der Waals surface area contributed by atoms with Gasteiger partial charge in [0, 0.05) is 44.4 Å². The van der Waals surface area contributed by atoms with Crippen LogP contribution in [0.1, 0.15) is 19.5 Å². The number of aromatic nitrogens is 1. The van der Waals surface area contributed by atoms with E-state index in [0.29, 0.717) is 18.5 Å². The minimum absolute atomic E-state index is 0. The topological polar surface area (TPSA) is 74.9 Å². The Hall–Kier alpha value is -1.65. The molecule has 0 bridgehead atoms. The normalized spacial score (nSPS) is 16.3. The maximum Gasteiger partial charge on any atom is 0.191 e. The Balaban J connectivity index is 0.00000300. The largest absolute Gasteiger partial charge is 0.379 e. The molecule has 0 aliphatic carbocycles.